The van der Waals surface area contributed by atoms with Crippen LogP contribution in [-0.4, -0.2) is 44.1 Å². The van der Waals surface area contributed by atoms with Gasteiger partial charge in [0, 0.05) is 24.9 Å². The molecular formula is C19H13N5O6. The van der Waals surface area contributed by atoms with Crippen LogP contribution in [0, 0.1) is 10.1 Å². The van der Waals surface area contributed by atoms with Crippen molar-refractivity contribution in [1.82, 2.24) is 14.5 Å². The van der Waals surface area contributed by atoms with Crippen molar-refractivity contribution in [3.8, 4) is 0 Å². The maximum Gasteiger partial charge on any atom is 0.270 e. The summed E-state index contributed by atoms with van der Waals surface area (Å²) in [6.45, 7) is -0.395. The molecule has 0 saturated heterocycles. The second kappa shape index (κ2) is 6.88. The van der Waals surface area contributed by atoms with E-state index in [2.05, 4.69) is 10.3 Å². The van der Waals surface area contributed by atoms with Crippen LogP contribution in [0.4, 0.5) is 11.4 Å². The number of nitro benzene ring substituents is 1. The summed E-state index contributed by atoms with van der Waals surface area (Å²) in [7, 11) is 1.37. The summed E-state index contributed by atoms with van der Waals surface area (Å²) < 4.78 is 1.03. The number of imide groups is 1. The van der Waals surface area contributed by atoms with E-state index in [4.69, 9.17) is 0 Å². The van der Waals surface area contributed by atoms with E-state index in [-0.39, 0.29) is 33.4 Å². The number of hydrogen-bond donors (Lipinski definition) is 1. The highest BCUT2D eigenvalue weighted by atomic mass is 16.6. The minimum Gasteiger partial charge on any atom is -0.325 e. The molecule has 30 heavy (non-hydrogen) atoms. The predicted molar refractivity (Wildman–Crippen MR) is 104 cm³/mol. The van der Waals surface area contributed by atoms with Gasteiger partial charge >= 0.3 is 0 Å². The Morgan fingerprint density at radius 2 is 1.83 bits per heavy atom. The van der Waals surface area contributed by atoms with Gasteiger partial charge in [-0.25, -0.2) is 4.98 Å². The third kappa shape index (κ3) is 3.07. The van der Waals surface area contributed by atoms with Crippen molar-refractivity contribution >= 4 is 40.0 Å². The Morgan fingerprint density at radius 3 is 2.57 bits per heavy atom. The lowest BCUT2D eigenvalue weighted by Gasteiger charge is -2.09. The molecule has 1 N–H and O–H groups in total. The van der Waals surface area contributed by atoms with Gasteiger partial charge in [-0.3, -0.25) is 38.8 Å². The normalized spacial score (nSPS) is 12.9. The van der Waals surface area contributed by atoms with E-state index < -0.39 is 34.7 Å². The molecule has 1 aliphatic rings. The SMILES string of the molecule is CN1C(=O)c2ccc(NC(=O)Cn3cnc4ccc([N+](=O)[O-])cc4c3=O)cc2C1=O. The summed E-state index contributed by atoms with van der Waals surface area (Å²) in [5, 5.41) is 13.5. The number of aromatic nitrogens is 2. The van der Waals surface area contributed by atoms with Gasteiger partial charge in [0.05, 0.1) is 33.3 Å². The Morgan fingerprint density at radius 1 is 1.10 bits per heavy atom. The van der Waals surface area contributed by atoms with Crippen LogP contribution in [0.15, 0.2) is 47.5 Å². The third-order valence-corrected chi connectivity index (χ3v) is 4.71. The zero-order valence-electron chi connectivity index (χ0n) is 15.5. The van der Waals surface area contributed by atoms with Gasteiger partial charge in [-0.2, -0.15) is 0 Å². The Hall–Kier alpha value is -4.41. The number of carbonyl (C=O) groups excluding carboxylic acids is 3. The van der Waals surface area contributed by atoms with Crippen molar-refractivity contribution in [1.29, 1.82) is 0 Å². The molecule has 0 saturated carbocycles. The molecule has 0 radical (unpaired) electrons. The number of rotatable bonds is 4. The second-order valence-electron chi connectivity index (χ2n) is 6.61. The number of non-ortho nitro benzene ring substituents is 1. The van der Waals surface area contributed by atoms with Gasteiger partial charge in [-0.15, -0.1) is 0 Å². The van der Waals surface area contributed by atoms with Gasteiger partial charge in [0.2, 0.25) is 5.91 Å². The lowest BCUT2D eigenvalue weighted by molar-refractivity contribution is -0.384. The van der Waals surface area contributed by atoms with Crippen molar-refractivity contribution in [3.63, 3.8) is 0 Å². The number of hydrogen-bond acceptors (Lipinski definition) is 7. The highest BCUT2D eigenvalue weighted by Gasteiger charge is 2.32. The van der Waals surface area contributed by atoms with E-state index in [1.807, 2.05) is 0 Å². The van der Waals surface area contributed by atoms with Crippen molar-refractivity contribution in [3.05, 3.63) is 74.3 Å². The minimum atomic E-state index is -0.625. The average molecular weight is 407 g/mol. The average Bonchev–Trinajstić information content (AvgIpc) is 2.93. The molecule has 3 amide bonds. The number of nitrogens with zero attached hydrogens (tertiary/aromatic N) is 4. The number of carbonyl (C=O) groups is 3. The third-order valence-electron chi connectivity index (χ3n) is 4.71. The molecule has 0 unspecified atom stereocenters. The number of benzene rings is 2. The van der Waals surface area contributed by atoms with Gasteiger partial charge in [0.1, 0.15) is 6.54 Å². The first-order chi connectivity index (χ1) is 14.3. The monoisotopic (exact) mass is 407 g/mol. The fourth-order valence-electron chi connectivity index (χ4n) is 3.17. The molecular weight excluding hydrogens is 394 g/mol. The molecule has 0 fully saturated rings. The molecule has 0 bridgehead atoms. The Balaban J connectivity index is 1.58. The number of nitrogens with one attached hydrogen (secondary N) is 1. The van der Waals surface area contributed by atoms with Crippen molar-refractivity contribution in [2.45, 2.75) is 6.54 Å². The fourth-order valence-corrected chi connectivity index (χ4v) is 3.17. The van der Waals surface area contributed by atoms with Crippen LogP contribution in [0.2, 0.25) is 0 Å². The maximum absolute atomic E-state index is 12.6. The van der Waals surface area contributed by atoms with E-state index in [0.717, 1.165) is 15.5 Å². The Bertz CT molecular complexity index is 1330. The minimum absolute atomic E-state index is 0.0178. The van der Waals surface area contributed by atoms with Gasteiger partial charge in [0.25, 0.3) is 23.1 Å². The molecule has 1 aliphatic heterocycles. The van der Waals surface area contributed by atoms with Crippen LogP contribution in [-0.2, 0) is 11.3 Å². The molecule has 2 heterocycles. The van der Waals surface area contributed by atoms with Crippen LogP contribution in [0.1, 0.15) is 20.7 Å². The summed E-state index contributed by atoms with van der Waals surface area (Å²) >= 11 is 0. The molecule has 0 aliphatic carbocycles. The van der Waals surface area contributed by atoms with Gasteiger partial charge in [-0.05, 0) is 24.3 Å². The Labute approximate surface area is 167 Å². The summed E-state index contributed by atoms with van der Waals surface area (Å²) in [4.78, 5) is 64.3. The summed E-state index contributed by atoms with van der Waals surface area (Å²) in [5.41, 5.74) is 0.121. The number of fused-ring (bicyclic) bond motifs is 2. The first-order valence-corrected chi connectivity index (χ1v) is 8.66. The van der Waals surface area contributed by atoms with E-state index in [0.29, 0.717) is 0 Å². The predicted octanol–water partition coefficient (Wildman–Crippen LogP) is 1.17. The highest BCUT2D eigenvalue weighted by Crippen LogP contribution is 2.24. The highest BCUT2D eigenvalue weighted by molar-refractivity contribution is 6.21. The summed E-state index contributed by atoms with van der Waals surface area (Å²) in [6.07, 6.45) is 1.18. The zero-order chi connectivity index (χ0) is 21.6. The second-order valence-corrected chi connectivity index (χ2v) is 6.61. The number of nitro groups is 1. The molecule has 1 aromatic heterocycles. The lowest BCUT2D eigenvalue weighted by Crippen LogP contribution is -2.28. The number of amides is 3. The molecule has 2 aromatic carbocycles. The van der Waals surface area contributed by atoms with E-state index >= 15 is 0 Å². The fraction of sp³-hybridized carbons (Fsp3) is 0.105. The van der Waals surface area contributed by atoms with Crippen molar-refractivity contribution < 1.29 is 19.3 Å². The molecule has 150 valence electrons. The maximum atomic E-state index is 12.6. The zero-order valence-corrected chi connectivity index (χ0v) is 15.5. The van der Waals surface area contributed by atoms with Gasteiger partial charge in [-0.1, -0.05) is 0 Å². The summed E-state index contributed by atoms with van der Waals surface area (Å²) in [5.74, 6) is -1.47. The first kappa shape index (κ1) is 18.9. The van der Waals surface area contributed by atoms with Crippen LogP contribution in [0.25, 0.3) is 10.9 Å². The molecule has 0 spiro atoms. The summed E-state index contributed by atoms with van der Waals surface area (Å²) in [6, 6.07) is 8.02. The molecule has 0 atom stereocenters. The van der Waals surface area contributed by atoms with Crippen LogP contribution < -0.4 is 10.9 Å². The van der Waals surface area contributed by atoms with E-state index in [9.17, 15) is 29.3 Å². The first-order valence-electron chi connectivity index (χ1n) is 8.66. The van der Waals surface area contributed by atoms with Crippen LogP contribution in [0.5, 0.6) is 0 Å². The molecule has 11 nitrogen and oxygen atoms in total. The lowest BCUT2D eigenvalue weighted by atomic mass is 10.1. The van der Waals surface area contributed by atoms with E-state index in [1.165, 1.54) is 43.7 Å². The van der Waals surface area contributed by atoms with Crippen molar-refractivity contribution in [2.24, 2.45) is 0 Å². The van der Waals surface area contributed by atoms with Gasteiger partial charge in [0.15, 0.2) is 0 Å². The van der Waals surface area contributed by atoms with Crippen LogP contribution in [0.3, 0.4) is 0 Å². The molecule has 11 heteroatoms. The molecule has 4 rings (SSSR count). The van der Waals surface area contributed by atoms with Crippen molar-refractivity contribution in [2.75, 3.05) is 12.4 Å². The standard InChI is InChI=1S/C19H13N5O6/c1-22-17(26)12-4-2-10(6-13(12)18(22)27)21-16(25)8-23-9-20-15-5-3-11(24(29)30)7-14(15)19(23)28/h2-7,9H,8H2,1H3,(H,21,25). The van der Waals surface area contributed by atoms with E-state index in [1.54, 1.807) is 0 Å². The Kier molecular flexibility index (Phi) is 4.34. The largest absolute Gasteiger partial charge is 0.325 e. The van der Waals surface area contributed by atoms with Gasteiger partial charge < -0.3 is 5.32 Å². The van der Waals surface area contributed by atoms with Crippen LogP contribution >= 0.6 is 0 Å². The quantitative estimate of drug-likeness (QED) is 0.388. The topological polar surface area (TPSA) is 145 Å². The smallest absolute Gasteiger partial charge is 0.270 e. The molecule has 3 aromatic rings. The number of anilines is 1.